The van der Waals surface area contributed by atoms with E-state index in [0.717, 1.165) is 33.3 Å². The number of aromatic nitrogens is 1. The van der Waals surface area contributed by atoms with E-state index in [2.05, 4.69) is 24.4 Å². The molecule has 1 N–H and O–H groups in total. The summed E-state index contributed by atoms with van der Waals surface area (Å²) in [6, 6.07) is 18.6. The summed E-state index contributed by atoms with van der Waals surface area (Å²) in [5, 5.41) is 4.57. The van der Waals surface area contributed by atoms with E-state index >= 15 is 0 Å². The molecule has 0 saturated carbocycles. The minimum absolute atomic E-state index is 0.266. The molecule has 0 amide bonds. The lowest BCUT2D eigenvalue weighted by Crippen LogP contribution is -2.14. The molecular formula is C27H27FN2O3. The third kappa shape index (κ3) is 4.91. The van der Waals surface area contributed by atoms with Crippen LogP contribution in [0.15, 0.2) is 60.7 Å². The zero-order valence-electron chi connectivity index (χ0n) is 19.2. The first kappa shape index (κ1) is 22.6. The Kier molecular flexibility index (Phi) is 6.75. The minimum Gasteiger partial charge on any atom is -0.493 e. The maximum atomic E-state index is 13.5. The van der Waals surface area contributed by atoms with Crippen molar-refractivity contribution in [2.24, 2.45) is 0 Å². The summed E-state index contributed by atoms with van der Waals surface area (Å²) in [6.07, 6.45) is 0. The molecule has 4 aromatic rings. The van der Waals surface area contributed by atoms with Gasteiger partial charge in [-0.3, -0.25) is 0 Å². The van der Waals surface area contributed by atoms with E-state index in [1.165, 1.54) is 17.7 Å². The van der Waals surface area contributed by atoms with Crippen LogP contribution in [-0.4, -0.2) is 26.3 Å². The lowest BCUT2D eigenvalue weighted by Gasteiger charge is -2.15. The van der Waals surface area contributed by atoms with Crippen molar-refractivity contribution in [3.63, 3.8) is 0 Å². The molecule has 1 heterocycles. The molecule has 170 valence electrons. The smallest absolute Gasteiger partial charge is 0.203 e. The van der Waals surface area contributed by atoms with Gasteiger partial charge in [-0.25, -0.2) is 9.37 Å². The zero-order chi connectivity index (χ0) is 23.4. The molecule has 0 spiro atoms. The molecule has 0 atom stereocenters. The fourth-order valence-electron chi connectivity index (χ4n) is 3.91. The van der Waals surface area contributed by atoms with Gasteiger partial charge >= 0.3 is 0 Å². The van der Waals surface area contributed by atoms with Crippen molar-refractivity contribution in [3.05, 3.63) is 83.2 Å². The molecule has 0 radical (unpaired) electrons. The van der Waals surface area contributed by atoms with E-state index in [1.807, 2.05) is 24.3 Å². The minimum atomic E-state index is -0.266. The first-order valence-electron chi connectivity index (χ1n) is 10.7. The van der Waals surface area contributed by atoms with Gasteiger partial charge in [0.15, 0.2) is 11.5 Å². The molecular weight excluding hydrogens is 419 g/mol. The van der Waals surface area contributed by atoms with Crippen LogP contribution in [0.25, 0.3) is 22.2 Å². The predicted octanol–water partition coefficient (Wildman–Crippen LogP) is 5.66. The summed E-state index contributed by atoms with van der Waals surface area (Å²) in [5.41, 5.74) is 5.83. The summed E-state index contributed by atoms with van der Waals surface area (Å²) in [7, 11) is 4.79. The molecule has 0 bridgehead atoms. The summed E-state index contributed by atoms with van der Waals surface area (Å²) >= 11 is 0. The van der Waals surface area contributed by atoms with E-state index in [9.17, 15) is 4.39 Å². The highest BCUT2D eigenvalue weighted by Crippen LogP contribution is 2.38. The van der Waals surface area contributed by atoms with Gasteiger partial charge in [0.05, 0.1) is 32.5 Å². The molecule has 0 unspecified atom stereocenters. The van der Waals surface area contributed by atoms with Crippen LogP contribution in [0.4, 0.5) is 4.39 Å². The van der Waals surface area contributed by atoms with Crippen LogP contribution in [0.1, 0.15) is 16.7 Å². The molecule has 3 aromatic carbocycles. The van der Waals surface area contributed by atoms with Crippen molar-refractivity contribution < 1.29 is 18.6 Å². The van der Waals surface area contributed by atoms with E-state index in [4.69, 9.17) is 19.2 Å². The second-order valence-electron chi connectivity index (χ2n) is 7.84. The second-order valence-corrected chi connectivity index (χ2v) is 7.84. The average Bonchev–Trinajstić information content (AvgIpc) is 2.83. The highest BCUT2D eigenvalue weighted by atomic mass is 19.1. The third-order valence-corrected chi connectivity index (χ3v) is 5.54. The topological polar surface area (TPSA) is 52.6 Å². The van der Waals surface area contributed by atoms with Gasteiger partial charge in [-0.05, 0) is 72.6 Å². The Morgan fingerprint density at radius 2 is 1.52 bits per heavy atom. The number of fused-ring (bicyclic) bond motifs is 1. The summed E-state index contributed by atoms with van der Waals surface area (Å²) < 4.78 is 29.8. The predicted molar refractivity (Wildman–Crippen MR) is 129 cm³/mol. The Morgan fingerprint density at radius 3 is 2.15 bits per heavy atom. The van der Waals surface area contributed by atoms with Gasteiger partial charge in [-0.2, -0.15) is 0 Å². The number of pyridine rings is 1. The fourth-order valence-corrected chi connectivity index (χ4v) is 3.91. The van der Waals surface area contributed by atoms with Crippen molar-refractivity contribution in [1.29, 1.82) is 0 Å². The van der Waals surface area contributed by atoms with Crippen molar-refractivity contribution in [1.82, 2.24) is 10.3 Å². The highest BCUT2D eigenvalue weighted by Gasteiger charge is 2.14. The molecule has 0 saturated heterocycles. The Morgan fingerprint density at radius 1 is 0.818 bits per heavy atom. The molecule has 33 heavy (non-hydrogen) atoms. The van der Waals surface area contributed by atoms with Crippen LogP contribution >= 0.6 is 0 Å². The Hall–Kier alpha value is -3.64. The number of hydrogen-bond acceptors (Lipinski definition) is 5. The number of halogens is 1. The van der Waals surface area contributed by atoms with E-state index in [1.54, 1.807) is 33.5 Å². The van der Waals surface area contributed by atoms with Crippen molar-refractivity contribution in [3.8, 4) is 28.5 Å². The largest absolute Gasteiger partial charge is 0.493 e. The maximum absolute atomic E-state index is 13.5. The van der Waals surface area contributed by atoms with Gasteiger partial charge in [0.25, 0.3) is 0 Å². The monoisotopic (exact) mass is 446 g/mol. The number of rotatable bonds is 8. The quantitative estimate of drug-likeness (QED) is 0.378. The zero-order valence-corrected chi connectivity index (χ0v) is 19.2. The normalized spacial score (nSPS) is 10.9. The SMILES string of the molecule is COc1cc(CNCc2cc3cc(C)ccc3nc2-c2ccc(F)cc2)cc(OC)c1OC. The molecule has 0 aliphatic carbocycles. The summed E-state index contributed by atoms with van der Waals surface area (Å²) in [6.45, 7) is 3.24. The first-order chi connectivity index (χ1) is 16.0. The highest BCUT2D eigenvalue weighted by molar-refractivity contribution is 5.84. The van der Waals surface area contributed by atoms with Gasteiger partial charge in [-0.15, -0.1) is 0 Å². The molecule has 4 rings (SSSR count). The first-order valence-corrected chi connectivity index (χ1v) is 10.7. The average molecular weight is 447 g/mol. The Labute approximate surface area is 193 Å². The van der Waals surface area contributed by atoms with Crippen LogP contribution in [-0.2, 0) is 13.1 Å². The third-order valence-electron chi connectivity index (χ3n) is 5.54. The van der Waals surface area contributed by atoms with Crippen LogP contribution in [0.5, 0.6) is 17.2 Å². The van der Waals surface area contributed by atoms with E-state index < -0.39 is 0 Å². The van der Waals surface area contributed by atoms with Crippen LogP contribution in [0, 0.1) is 12.7 Å². The molecule has 6 heteroatoms. The number of ether oxygens (including phenoxy) is 3. The molecule has 1 aromatic heterocycles. The Balaban J connectivity index is 1.64. The molecule has 0 aliphatic rings. The number of nitrogens with zero attached hydrogens (tertiary/aromatic N) is 1. The molecule has 0 aliphatic heterocycles. The van der Waals surface area contributed by atoms with E-state index in [0.29, 0.717) is 30.3 Å². The van der Waals surface area contributed by atoms with Gasteiger partial charge in [0.2, 0.25) is 5.75 Å². The van der Waals surface area contributed by atoms with Crippen LogP contribution < -0.4 is 19.5 Å². The Bertz CT molecular complexity index is 1250. The standard InChI is InChI=1S/C27H27FN2O3/c1-17-5-10-23-20(11-17)14-21(26(30-23)19-6-8-22(28)9-7-19)16-29-15-18-12-24(31-2)27(33-4)25(13-18)32-3/h5-14,29H,15-16H2,1-4H3. The molecule has 5 nitrogen and oxygen atoms in total. The van der Waals surface area contributed by atoms with Gasteiger partial charge in [0.1, 0.15) is 5.82 Å². The van der Waals surface area contributed by atoms with Crippen molar-refractivity contribution >= 4 is 10.9 Å². The number of methoxy groups -OCH3 is 3. The lowest BCUT2D eigenvalue weighted by molar-refractivity contribution is 0.323. The summed E-state index contributed by atoms with van der Waals surface area (Å²) in [4.78, 5) is 4.90. The van der Waals surface area contributed by atoms with Crippen LogP contribution in [0.3, 0.4) is 0 Å². The van der Waals surface area contributed by atoms with Gasteiger partial charge < -0.3 is 19.5 Å². The molecule has 0 fully saturated rings. The number of aryl methyl sites for hydroxylation is 1. The second kappa shape index (κ2) is 9.88. The summed E-state index contributed by atoms with van der Waals surface area (Å²) in [5.74, 6) is 1.53. The van der Waals surface area contributed by atoms with E-state index in [-0.39, 0.29) is 5.82 Å². The number of nitrogens with one attached hydrogen (secondary N) is 1. The maximum Gasteiger partial charge on any atom is 0.203 e. The number of benzene rings is 3. The fraction of sp³-hybridized carbons (Fsp3) is 0.222. The van der Waals surface area contributed by atoms with Crippen molar-refractivity contribution in [2.45, 2.75) is 20.0 Å². The van der Waals surface area contributed by atoms with Crippen LogP contribution in [0.2, 0.25) is 0 Å². The van der Waals surface area contributed by atoms with Gasteiger partial charge in [0, 0.05) is 24.0 Å². The van der Waals surface area contributed by atoms with Gasteiger partial charge in [-0.1, -0.05) is 11.6 Å². The lowest BCUT2D eigenvalue weighted by atomic mass is 10.0. The number of hydrogen-bond donors (Lipinski definition) is 1. The van der Waals surface area contributed by atoms with Crippen molar-refractivity contribution in [2.75, 3.05) is 21.3 Å².